The summed E-state index contributed by atoms with van der Waals surface area (Å²) in [5.74, 6) is -4.74. The van der Waals surface area contributed by atoms with Gasteiger partial charge in [-0.25, -0.2) is 4.79 Å². The molecule has 3 saturated heterocycles. The number of halogens is 3. The average molecular weight is 972 g/mol. The zero-order valence-corrected chi connectivity index (χ0v) is 40.5. The zero-order chi connectivity index (χ0) is 50.1. The van der Waals surface area contributed by atoms with Gasteiger partial charge in [-0.3, -0.25) is 24.0 Å². The fourth-order valence-corrected chi connectivity index (χ4v) is 9.95. The third-order valence-electron chi connectivity index (χ3n) is 13.2. The van der Waals surface area contributed by atoms with Gasteiger partial charge in [0, 0.05) is 45.2 Å². The number of aliphatic hydroxyl groups is 1. The standard InChI is InChI=1S/C51H68F3N3O12/c1-7-9-16-26-49(27-17-10-8-2)67-41-38-29-50(47(63)56(6)37(28-33-18-12-11-13-19-33)45(61)55-36(31-58)23-25-40(60)66-48(3,4)5)43(46(62)65-38)57(69-44(50)42(41)68-49)30-35-21-15-14-20-34(35)22-24-39(59)64-32-51(52,53)54/h11-15,18-22,24,36-38,41-44,58H,7-10,16-17,23,25-32H2,1-6H3,(H,55,61)/t36-,37+,38+,41-,42-,43-,44+,50-/m0/s1. The van der Waals surface area contributed by atoms with Gasteiger partial charge in [-0.2, -0.15) is 18.2 Å². The predicted octanol–water partition coefficient (Wildman–Crippen LogP) is 6.91. The van der Waals surface area contributed by atoms with E-state index in [1.807, 2.05) is 18.2 Å². The molecule has 2 aromatic rings. The number of unbranched alkanes of at least 4 members (excludes halogenated alkanes) is 4. The molecule has 3 heterocycles. The van der Waals surface area contributed by atoms with E-state index in [1.54, 1.807) is 57.2 Å². The summed E-state index contributed by atoms with van der Waals surface area (Å²) in [6.07, 6.45) is 0.135. The number of ether oxygens (including phenoxy) is 5. The molecule has 69 heavy (non-hydrogen) atoms. The van der Waals surface area contributed by atoms with Crippen molar-refractivity contribution in [2.45, 2.75) is 178 Å². The Hall–Kier alpha value is -4.88. The molecule has 8 atom stereocenters. The van der Waals surface area contributed by atoms with Crippen LogP contribution in [0, 0.1) is 5.41 Å². The van der Waals surface area contributed by atoms with E-state index in [0.29, 0.717) is 24.0 Å². The minimum absolute atomic E-state index is 0.0394. The maximum Gasteiger partial charge on any atom is 0.422 e. The first-order valence-electron chi connectivity index (χ1n) is 24.2. The number of carbonyl (C=O) groups is 5. The molecule has 1 aliphatic carbocycles. The first kappa shape index (κ1) is 53.5. The second kappa shape index (κ2) is 22.9. The highest BCUT2D eigenvalue weighted by Gasteiger charge is 2.77. The van der Waals surface area contributed by atoms with Gasteiger partial charge in [-0.05, 0) is 62.8 Å². The Morgan fingerprint density at radius 2 is 1.61 bits per heavy atom. The topological polar surface area (TPSA) is 179 Å². The van der Waals surface area contributed by atoms with Gasteiger partial charge < -0.3 is 39.0 Å². The molecular formula is C51H68F3N3O12. The van der Waals surface area contributed by atoms with E-state index in [4.69, 9.17) is 23.8 Å². The van der Waals surface area contributed by atoms with Gasteiger partial charge in [0.2, 0.25) is 11.8 Å². The molecule has 380 valence electrons. The molecule has 2 N–H and O–H groups in total. The van der Waals surface area contributed by atoms with Crippen LogP contribution in [0.4, 0.5) is 13.2 Å². The van der Waals surface area contributed by atoms with Gasteiger partial charge in [0.1, 0.15) is 41.5 Å². The monoisotopic (exact) mass is 971 g/mol. The first-order valence-corrected chi connectivity index (χ1v) is 24.2. The van der Waals surface area contributed by atoms with E-state index >= 15 is 4.79 Å². The van der Waals surface area contributed by atoms with Gasteiger partial charge in [0.25, 0.3) is 0 Å². The van der Waals surface area contributed by atoms with E-state index in [2.05, 4.69) is 23.9 Å². The van der Waals surface area contributed by atoms with Gasteiger partial charge >= 0.3 is 24.1 Å². The highest BCUT2D eigenvalue weighted by atomic mass is 19.4. The van der Waals surface area contributed by atoms with Crippen molar-refractivity contribution in [3.8, 4) is 0 Å². The summed E-state index contributed by atoms with van der Waals surface area (Å²) in [5, 5.41) is 14.6. The number of nitrogens with zero attached hydrogens (tertiary/aromatic N) is 2. The molecule has 18 heteroatoms. The molecule has 15 nitrogen and oxygen atoms in total. The Kier molecular flexibility index (Phi) is 17.8. The van der Waals surface area contributed by atoms with Crippen LogP contribution in [0.1, 0.15) is 122 Å². The van der Waals surface area contributed by atoms with Crippen molar-refractivity contribution in [3.63, 3.8) is 0 Å². The van der Waals surface area contributed by atoms with E-state index in [9.17, 15) is 37.5 Å². The summed E-state index contributed by atoms with van der Waals surface area (Å²) in [5.41, 5.74) is -0.846. The fraction of sp³-hybridized carbons (Fsp3) is 0.627. The second-order valence-electron chi connectivity index (χ2n) is 19.6. The number of fused-ring (bicyclic) bond motifs is 4. The number of carbonyl (C=O) groups excluding carboxylic acids is 5. The summed E-state index contributed by atoms with van der Waals surface area (Å²) in [7, 11) is 1.49. The number of amides is 2. The first-order chi connectivity index (χ1) is 32.7. The van der Waals surface area contributed by atoms with Crippen LogP contribution in [0.3, 0.4) is 0 Å². The predicted molar refractivity (Wildman–Crippen MR) is 245 cm³/mol. The van der Waals surface area contributed by atoms with Crippen LogP contribution < -0.4 is 5.32 Å². The lowest BCUT2D eigenvalue weighted by Gasteiger charge is -2.50. The molecule has 1 saturated carbocycles. The van der Waals surface area contributed by atoms with Gasteiger partial charge in [-0.15, -0.1) is 0 Å². The van der Waals surface area contributed by atoms with Crippen LogP contribution >= 0.6 is 0 Å². The van der Waals surface area contributed by atoms with Gasteiger partial charge in [0.05, 0.1) is 19.2 Å². The summed E-state index contributed by atoms with van der Waals surface area (Å²) < 4.78 is 68.4. The van der Waals surface area contributed by atoms with Crippen molar-refractivity contribution in [3.05, 3.63) is 77.4 Å². The fourth-order valence-electron chi connectivity index (χ4n) is 9.95. The summed E-state index contributed by atoms with van der Waals surface area (Å²) in [6, 6.07) is 12.3. The summed E-state index contributed by atoms with van der Waals surface area (Å²) >= 11 is 0. The maximum atomic E-state index is 15.9. The Bertz CT molecular complexity index is 2120. The number of hydrogen-bond donors (Lipinski definition) is 2. The van der Waals surface area contributed by atoms with Crippen molar-refractivity contribution in [2.24, 2.45) is 5.41 Å². The highest BCUT2D eigenvalue weighted by molar-refractivity contribution is 5.96. The van der Waals surface area contributed by atoms with Crippen molar-refractivity contribution >= 4 is 35.8 Å². The molecule has 6 rings (SSSR count). The highest BCUT2D eigenvalue weighted by Crippen LogP contribution is 2.58. The number of nitrogens with one attached hydrogen (secondary N) is 1. The number of hydroxylamine groups is 2. The van der Waals surface area contributed by atoms with E-state index in [0.717, 1.165) is 50.2 Å². The summed E-state index contributed by atoms with van der Waals surface area (Å²) in [6.45, 7) is 7.00. The molecule has 0 unspecified atom stereocenters. The smallest absolute Gasteiger partial charge is 0.422 e. The van der Waals surface area contributed by atoms with Crippen LogP contribution in [0.2, 0.25) is 0 Å². The van der Waals surface area contributed by atoms with Gasteiger partial charge in [0.15, 0.2) is 18.4 Å². The SMILES string of the molecule is CCCCCC1(CCCCC)O[C@@H]2[C@H](O1)[C@H]1ON(Cc3ccccc3C=CC(=O)OCC(F)(F)F)[C@H]3C(=O)O[C@@H]2C[C@@]13C(=O)N(C)[C@H](Cc1ccccc1)C(=O)N[C@H](CO)CCC(=O)OC(C)(C)C. The zero-order valence-electron chi connectivity index (χ0n) is 40.5. The molecule has 2 amide bonds. The third-order valence-corrected chi connectivity index (χ3v) is 13.2. The Balaban J connectivity index is 1.38. The van der Waals surface area contributed by atoms with Crippen LogP contribution in [0.15, 0.2) is 60.7 Å². The van der Waals surface area contributed by atoms with E-state index in [-0.39, 0.29) is 32.2 Å². The molecule has 2 aromatic carbocycles. The van der Waals surface area contributed by atoms with Crippen molar-refractivity contribution in [1.82, 2.24) is 15.3 Å². The van der Waals surface area contributed by atoms with Crippen molar-refractivity contribution < 1.29 is 70.8 Å². The molecule has 0 radical (unpaired) electrons. The lowest BCUT2D eigenvalue weighted by Crippen LogP contribution is -2.70. The number of alkyl halides is 3. The molecule has 0 spiro atoms. The Labute approximate surface area is 402 Å². The third kappa shape index (κ3) is 13.1. The molecule has 4 fully saturated rings. The maximum absolute atomic E-state index is 15.9. The average Bonchev–Trinajstić information content (AvgIpc) is 3.86. The Morgan fingerprint density at radius 3 is 2.25 bits per heavy atom. The molecule has 4 aliphatic rings. The number of hydrogen-bond acceptors (Lipinski definition) is 13. The molecule has 2 bridgehead atoms. The largest absolute Gasteiger partial charge is 0.460 e. The van der Waals surface area contributed by atoms with E-state index < -0.39 is 108 Å². The number of likely N-dealkylation sites (N-methyl/N-ethyl adjacent to an activating group) is 1. The number of aliphatic hydroxyl groups excluding tert-OH is 1. The lowest BCUT2D eigenvalue weighted by molar-refractivity contribution is -0.225. The lowest BCUT2D eigenvalue weighted by atomic mass is 9.62. The molecular weight excluding hydrogens is 904 g/mol. The number of benzene rings is 2. The second-order valence-corrected chi connectivity index (χ2v) is 19.6. The van der Waals surface area contributed by atoms with E-state index in [1.165, 1.54) is 23.1 Å². The minimum Gasteiger partial charge on any atom is -0.460 e. The van der Waals surface area contributed by atoms with Crippen molar-refractivity contribution in [1.29, 1.82) is 0 Å². The minimum atomic E-state index is -4.71. The van der Waals surface area contributed by atoms with Crippen LogP contribution in [0.5, 0.6) is 0 Å². The summed E-state index contributed by atoms with van der Waals surface area (Å²) in [4.78, 5) is 78.3. The van der Waals surface area contributed by atoms with Crippen LogP contribution in [-0.4, -0.2) is 125 Å². The van der Waals surface area contributed by atoms with Crippen molar-refractivity contribution in [2.75, 3.05) is 20.3 Å². The normalized spacial score (nSPS) is 24.8. The number of rotatable bonds is 23. The molecule has 3 aliphatic heterocycles. The molecule has 0 aromatic heterocycles. The quantitative estimate of drug-likeness (QED) is 0.0508. The Morgan fingerprint density at radius 1 is 0.957 bits per heavy atom. The number of esters is 3. The van der Waals surface area contributed by atoms with Gasteiger partial charge in [-0.1, -0.05) is 94.1 Å². The van der Waals surface area contributed by atoms with Crippen LogP contribution in [-0.2, 0) is 65.5 Å². The van der Waals surface area contributed by atoms with Crippen LogP contribution in [0.25, 0.3) is 6.08 Å².